The highest BCUT2D eigenvalue weighted by molar-refractivity contribution is 6.78. The van der Waals surface area contributed by atoms with E-state index in [1.54, 1.807) is 0 Å². The zero-order valence-electron chi connectivity index (χ0n) is 44.3. The van der Waals surface area contributed by atoms with Crippen molar-refractivity contribution in [1.82, 2.24) is 4.90 Å². The summed E-state index contributed by atoms with van der Waals surface area (Å²) < 4.78 is 32.3. The Morgan fingerprint density at radius 1 is 0.625 bits per heavy atom. The van der Waals surface area contributed by atoms with Crippen LogP contribution in [0.4, 0.5) is 0 Å². The molecule has 7 nitrogen and oxygen atoms in total. The Morgan fingerprint density at radius 2 is 1.23 bits per heavy atom. The monoisotopic (exact) mass is 936 g/mol. The fourth-order valence-corrected chi connectivity index (χ4v) is 20.9. The van der Waals surface area contributed by atoms with Crippen LogP contribution < -0.4 is 0 Å². The van der Waals surface area contributed by atoms with Gasteiger partial charge in [-0.1, -0.05) is 105 Å². The van der Waals surface area contributed by atoms with Gasteiger partial charge in [0, 0.05) is 26.9 Å². The molecule has 0 amide bonds. The Bertz CT molecular complexity index is 1220. The summed E-state index contributed by atoms with van der Waals surface area (Å²) >= 11 is 0. The van der Waals surface area contributed by atoms with E-state index in [1.165, 1.54) is 161 Å². The molecule has 1 N–H and O–H groups in total. The van der Waals surface area contributed by atoms with Crippen molar-refractivity contribution < 1.29 is 27.5 Å². The van der Waals surface area contributed by atoms with E-state index in [0.717, 1.165) is 93.8 Å². The van der Waals surface area contributed by atoms with Crippen molar-refractivity contribution in [2.24, 2.45) is 46.3 Å². The van der Waals surface area contributed by atoms with Crippen LogP contribution in [0, 0.1) is 46.3 Å². The first-order valence-electron chi connectivity index (χ1n) is 28.2. The van der Waals surface area contributed by atoms with E-state index < -0.39 is 17.1 Å². The van der Waals surface area contributed by atoms with Crippen LogP contribution >= 0.6 is 0 Å². The van der Waals surface area contributed by atoms with Gasteiger partial charge < -0.3 is 32.4 Å². The molecule has 0 heterocycles. The first-order valence-corrected chi connectivity index (χ1v) is 33.8. The summed E-state index contributed by atoms with van der Waals surface area (Å²) in [6.45, 7) is 26.8. The number of hydrogen-bond donors (Lipinski definition) is 1. The molecule has 0 saturated heterocycles. The molecule has 9 heteroatoms. The van der Waals surface area contributed by atoms with Gasteiger partial charge in [-0.3, -0.25) is 0 Å². The highest BCUT2D eigenvalue weighted by atomic mass is 28.5. The van der Waals surface area contributed by atoms with Crippen molar-refractivity contribution in [3.05, 3.63) is 0 Å². The SMILES string of the molecule is CCCCCCCCO[Si](C)(C)O[Si](C)(C)OC(CCCCCCC)OCCCCCCN(CCCCO)CCC[C@@H](C)C1CCC2C3CCC4C[C@H](OC)CC[C@]4(C)C3CC[C@@]21C. The predicted molar refractivity (Wildman–Crippen MR) is 275 cm³/mol. The number of aliphatic hydroxyl groups is 1. The molecule has 0 spiro atoms. The first kappa shape index (κ1) is 56.7. The van der Waals surface area contributed by atoms with E-state index in [-0.39, 0.29) is 6.29 Å². The molecular formula is C55H109NO6Si2. The molecule has 0 aromatic rings. The molecule has 0 aliphatic heterocycles. The first-order chi connectivity index (χ1) is 30.7. The predicted octanol–water partition coefficient (Wildman–Crippen LogP) is 15.2. The molecular weight excluding hydrogens is 827 g/mol. The number of nitrogens with zero attached hydrogens (tertiary/aromatic N) is 1. The third-order valence-corrected chi connectivity index (χ3v) is 23.5. The second-order valence-corrected chi connectivity index (χ2v) is 30.4. The van der Waals surface area contributed by atoms with Gasteiger partial charge >= 0.3 is 17.1 Å². The summed E-state index contributed by atoms with van der Waals surface area (Å²) in [4.78, 5) is 2.73. The fraction of sp³-hybridized carbons (Fsp3) is 1.00. The number of aliphatic hydroxyl groups excluding tert-OH is 1. The van der Waals surface area contributed by atoms with Crippen molar-refractivity contribution >= 4 is 17.1 Å². The number of ether oxygens (including phenoxy) is 2. The third kappa shape index (κ3) is 18.2. The van der Waals surface area contributed by atoms with Gasteiger partial charge in [0.2, 0.25) is 0 Å². The molecule has 64 heavy (non-hydrogen) atoms. The van der Waals surface area contributed by atoms with Crippen LogP contribution in [0.15, 0.2) is 0 Å². The molecule has 0 aromatic heterocycles. The standard InChI is InChI=1S/C55H109NO6Si2/c1-11-13-15-17-20-27-44-60-63(7,8)62-64(9,10)61-53(30-22-18-16-14-12-2)59-43-26-21-19-23-39-56(40-24-25-42-57)41-28-29-46(3)50-33-34-51-49-32-31-47-45-48(58-6)35-37-54(47,4)52(49)36-38-55(50,51)5/h46-53,57H,11-45H2,1-10H3/t46-,47?,48-,49?,50?,51?,52?,53?,54+,55-/m1/s1. The van der Waals surface area contributed by atoms with Crippen molar-refractivity contribution in [2.45, 2.75) is 259 Å². The van der Waals surface area contributed by atoms with Crippen LogP contribution in [0.5, 0.6) is 0 Å². The number of fused-ring (bicyclic) bond motifs is 5. The third-order valence-electron chi connectivity index (χ3n) is 17.8. The van der Waals surface area contributed by atoms with Crippen LogP contribution in [-0.4, -0.2) is 86.1 Å². The van der Waals surface area contributed by atoms with E-state index >= 15 is 0 Å². The zero-order chi connectivity index (χ0) is 46.5. The van der Waals surface area contributed by atoms with Gasteiger partial charge in [0.25, 0.3) is 0 Å². The minimum Gasteiger partial charge on any atom is -0.415 e. The Labute approximate surface area is 400 Å². The molecule has 4 aliphatic rings. The smallest absolute Gasteiger partial charge is 0.324 e. The second kappa shape index (κ2) is 29.4. The van der Waals surface area contributed by atoms with Crippen LogP contribution in [0.3, 0.4) is 0 Å². The van der Waals surface area contributed by atoms with Gasteiger partial charge in [-0.25, -0.2) is 0 Å². The van der Waals surface area contributed by atoms with Crippen LogP contribution in [0.25, 0.3) is 0 Å². The van der Waals surface area contributed by atoms with Crippen molar-refractivity contribution in [3.8, 4) is 0 Å². The molecule has 4 fully saturated rings. The highest BCUT2D eigenvalue weighted by Crippen LogP contribution is 2.68. The second-order valence-electron chi connectivity index (χ2n) is 23.5. The van der Waals surface area contributed by atoms with Crippen LogP contribution in [-0.2, 0) is 22.4 Å². The highest BCUT2D eigenvalue weighted by Gasteiger charge is 2.60. The van der Waals surface area contributed by atoms with Crippen molar-refractivity contribution in [3.63, 3.8) is 0 Å². The number of unbranched alkanes of at least 4 members (excludes halogenated alkanes) is 13. The van der Waals surface area contributed by atoms with Crippen molar-refractivity contribution in [1.29, 1.82) is 0 Å². The molecule has 0 bridgehead atoms. The van der Waals surface area contributed by atoms with Gasteiger partial charge in [0.15, 0.2) is 0 Å². The quantitative estimate of drug-likeness (QED) is 0.0381. The van der Waals surface area contributed by atoms with E-state index in [9.17, 15) is 5.11 Å². The van der Waals surface area contributed by atoms with Gasteiger partial charge in [-0.05, 0) is 208 Å². The lowest BCUT2D eigenvalue weighted by molar-refractivity contribution is -0.133. The number of methoxy groups -OCH3 is 1. The average molecular weight is 937 g/mol. The summed E-state index contributed by atoms with van der Waals surface area (Å²) in [6, 6.07) is 0. The van der Waals surface area contributed by atoms with Gasteiger partial charge in [-0.15, -0.1) is 0 Å². The zero-order valence-corrected chi connectivity index (χ0v) is 46.3. The van der Waals surface area contributed by atoms with E-state index in [1.807, 2.05) is 7.11 Å². The molecule has 0 radical (unpaired) electrons. The fourth-order valence-electron chi connectivity index (χ4n) is 14.3. The van der Waals surface area contributed by atoms with E-state index in [2.05, 4.69) is 65.7 Å². The minimum absolute atomic E-state index is 0.187. The number of hydrogen-bond acceptors (Lipinski definition) is 7. The normalized spacial score (nSPS) is 29.4. The molecule has 10 atom stereocenters. The lowest BCUT2D eigenvalue weighted by Gasteiger charge is -2.61. The lowest BCUT2D eigenvalue weighted by atomic mass is 9.44. The molecule has 6 unspecified atom stereocenters. The topological polar surface area (TPSA) is 69.6 Å². The largest absolute Gasteiger partial charge is 0.415 e. The molecule has 378 valence electrons. The molecule has 4 saturated carbocycles. The lowest BCUT2D eigenvalue weighted by Crippen LogP contribution is -2.54. The van der Waals surface area contributed by atoms with Gasteiger partial charge in [0.1, 0.15) is 6.29 Å². The van der Waals surface area contributed by atoms with Crippen molar-refractivity contribution in [2.75, 3.05) is 46.6 Å². The molecule has 4 aliphatic carbocycles. The Balaban J connectivity index is 1.17. The Hall–Kier alpha value is 0.154. The van der Waals surface area contributed by atoms with Gasteiger partial charge in [-0.2, -0.15) is 0 Å². The minimum atomic E-state index is -2.44. The summed E-state index contributed by atoms with van der Waals surface area (Å²) in [6.07, 6.45) is 37.4. The maximum absolute atomic E-state index is 9.58. The Morgan fingerprint density at radius 3 is 1.94 bits per heavy atom. The summed E-state index contributed by atoms with van der Waals surface area (Å²) in [7, 11) is -2.78. The maximum Gasteiger partial charge on any atom is 0.324 e. The van der Waals surface area contributed by atoms with Crippen LogP contribution in [0.1, 0.15) is 221 Å². The maximum atomic E-state index is 9.58. The Kier molecular flexibility index (Phi) is 26.0. The van der Waals surface area contributed by atoms with E-state index in [0.29, 0.717) is 23.5 Å². The average Bonchev–Trinajstić information content (AvgIpc) is 3.61. The molecule has 4 rings (SSSR count). The summed E-state index contributed by atoms with van der Waals surface area (Å²) in [5.41, 5.74) is 1.10. The molecule has 0 aromatic carbocycles. The van der Waals surface area contributed by atoms with Crippen LogP contribution in [0.2, 0.25) is 26.2 Å². The number of rotatable bonds is 36. The van der Waals surface area contributed by atoms with E-state index in [4.69, 9.17) is 22.4 Å². The summed E-state index contributed by atoms with van der Waals surface area (Å²) in [5, 5.41) is 9.58. The van der Waals surface area contributed by atoms with Gasteiger partial charge in [0.05, 0.1) is 6.10 Å². The summed E-state index contributed by atoms with van der Waals surface area (Å²) in [5.74, 6) is 5.46.